The van der Waals surface area contributed by atoms with Crippen molar-refractivity contribution in [1.29, 1.82) is 0 Å². The fraction of sp³-hybridized carbons (Fsp3) is 0.286. The van der Waals surface area contributed by atoms with Crippen molar-refractivity contribution in [2.24, 2.45) is 5.92 Å². The summed E-state index contributed by atoms with van der Waals surface area (Å²) in [7, 11) is 0. The van der Waals surface area contributed by atoms with Crippen LogP contribution in [0.3, 0.4) is 0 Å². The molecule has 2 N–H and O–H groups in total. The minimum Gasteiger partial charge on any atom is -0.480 e. The van der Waals surface area contributed by atoms with Gasteiger partial charge in [0, 0.05) is 23.4 Å². The summed E-state index contributed by atoms with van der Waals surface area (Å²) in [6.45, 7) is 2.42. The third-order valence-electron chi connectivity index (χ3n) is 4.84. The number of hydrogen-bond acceptors (Lipinski definition) is 3. The molecule has 27 heavy (non-hydrogen) atoms. The lowest BCUT2D eigenvalue weighted by Crippen LogP contribution is -2.49. The van der Waals surface area contributed by atoms with Gasteiger partial charge in [-0.1, -0.05) is 25.1 Å². The summed E-state index contributed by atoms with van der Waals surface area (Å²) in [5.41, 5.74) is 1.50. The van der Waals surface area contributed by atoms with Gasteiger partial charge in [0.25, 0.3) is 11.8 Å². The minimum atomic E-state index is -0.978. The van der Waals surface area contributed by atoms with Gasteiger partial charge in [-0.2, -0.15) is 0 Å². The molecule has 2 unspecified atom stereocenters. The maximum absolute atomic E-state index is 12.8. The quantitative estimate of drug-likeness (QED) is 0.869. The van der Waals surface area contributed by atoms with Crippen molar-refractivity contribution in [2.75, 3.05) is 11.9 Å². The second kappa shape index (κ2) is 8.03. The van der Waals surface area contributed by atoms with Crippen LogP contribution < -0.4 is 5.32 Å². The van der Waals surface area contributed by atoms with Crippen molar-refractivity contribution in [3.8, 4) is 0 Å². The van der Waals surface area contributed by atoms with Crippen molar-refractivity contribution in [2.45, 2.75) is 25.8 Å². The van der Waals surface area contributed by atoms with Crippen molar-refractivity contribution >= 4 is 23.5 Å². The van der Waals surface area contributed by atoms with Crippen LogP contribution in [0.15, 0.2) is 54.6 Å². The highest BCUT2D eigenvalue weighted by Gasteiger charge is 2.35. The van der Waals surface area contributed by atoms with E-state index in [1.165, 1.54) is 4.90 Å². The van der Waals surface area contributed by atoms with E-state index >= 15 is 0 Å². The van der Waals surface area contributed by atoms with Crippen LogP contribution in [0.25, 0.3) is 0 Å². The van der Waals surface area contributed by atoms with Gasteiger partial charge in [0.2, 0.25) is 0 Å². The van der Waals surface area contributed by atoms with Crippen LogP contribution >= 0.6 is 0 Å². The Balaban J connectivity index is 1.71. The molecule has 1 saturated heterocycles. The third kappa shape index (κ3) is 4.34. The number of nitrogens with zero attached hydrogens (tertiary/aromatic N) is 1. The van der Waals surface area contributed by atoms with Gasteiger partial charge in [0.1, 0.15) is 6.04 Å². The molecule has 6 heteroatoms. The van der Waals surface area contributed by atoms with Gasteiger partial charge in [0.05, 0.1) is 0 Å². The fourth-order valence-electron chi connectivity index (χ4n) is 3.27. The molecule has 0 radical (unpaired) electrons. The Bertz CT molecular complexity index is 833. The van der Waals surface area contributed by atoms with E-state index in [9.17, 15) is 19.5 Å². The van der Waals surface area contributed by atoms with Crippen LogP contribution in [-0.2, 0) is 4.79 Å². The molecule has 3 rings (SSSR count). The predicted molar refractivity (Wildman–Crippen MR) is 102 cm³/mol. The molecule has 0 bridgehead atoms. The first-order valence-electron chi connectivity index (χ1n) is 8.96. The van der Waals surface area contributed by atoms with Gasteiger partial charge in [-0.05, 0) is 55.2 Å². The van der Waals surface area contributed by atoms with Gasteiger partial charge < -0.3 is 15.3 Å². The zero-order valence-electron chi connectivity index (χ0n) is 15.1. The standard InChI is InChI=1S/C21H22N2O4/c1-14-11-12-23(18(13-14)21(26)27)20(25)16-9-7-15(8-10-16)19(24)22-17-5-3-2-4-6-17/h2-10,14,18H,11-13H2,1H3,(H,22,24)(H,26,27). The maximum atomic E-state index is 12.8. The number of para-hydroxylation sites is 1. The van der Waals surface area contributed by atoms with Gasteiger partial charge in [-0.15, -0.1) is 0 Å². The van der Waals surface area contributed by atoms with E-state index in [2.05, 4.69) is 5.32 Å². The number of nitrogens with one attached hydrogen (secondary N) is 1. The first-order chi connectivity index (χ1) is 13.0. The minimum absolute atomic E-state index is 0.268. The molecule has 140 valence electrons. The van der Waals surface area contributed by atoms with Crippen molar-refractivity contribution in [3.63, 3.8) is 0 Å². The normalized spacial score (nSPS) is 19.4. The first kappa shape index (κ1) is 18.6. The number of rotatable bonds is 4. The number of benzene rings is 2. The Hall–Kier alpha value is -3.15. The van der Waals surface area contributed by atoms with Crippen LogP contribution in [0.4, 0.5) is 5.69 Å². The molecule has 0 aliphatic carbocycles. The molecule has 2 amide bonds. The Morgan fingerprint density at radius 3 is 2.26 bits per heavy atom. The number of carbonyl (C=O) groups excluding carboxylic acids is 2. The fourth-order valence-corrected chi connectivity index (χ4v) is 3.27. The van der Waals surface area contributed by atoms with Crippen LogP contribution in [0.2, 0.25) is 0 Å². The van der Waals surface area contributed by atoms with Crippen molar-refractivity contribution < 1.29 is 19.5 Å². The van der Waals surface area contributed by atoms with Crippen LogP contribution in [0.1, 0.15) is 40.5 Å². The summed E-state index contributed by atoms with van der Waals surface area (Å²) >= 11 is 0. The Labute approximate surface area is 157 Å². The van der Waals surface area contributed by atoms with E-state index in [0.717, 1.165) is 6.42 Å². The number of carbonyl (C=O) groups is 3. The summed E-state index contributed by atoms with van der Waals surface area (Å²) in [6, 6.07) is 14.6. The Morgan fingerprint density at radius 2 is 1.63 bits per heavy atom. The number of carboxylic acids is 1. The molecular formula is C21H22N2O4. The third-order valence-corrected chi connectivity index (χ3v) is 4.84. The molecular weight excluding hydrogens is 344 g/mol. The Kier molecular flexibility index (Phi) is 5.54. The summed E-state index contributed by atoms with van der Waals surface area (Å²) in [5.74, 6) is -1.28. The molecule has 1 fully saturated rings. The summed E-state index contributed by atoms with van der Waals surface area (Å²) in [4.78, 5) is 38.0. The van der Waals surface area contributed by atoms with Crippen LogP contribution in [-0.4, -0.2) is 40.4 Å². The highest BCUT2D eigenvalue weighted by Crippen LogP contribution is 2.24. The number of likely N-dealkylation sites (tertiary alicyclic amines) is 1. The van der Waals surface area contributed by atoms with E-state index in [4.69, 9.17) is 0 Å². The summed E-state index contributed by atoms with van der Waals surface area (Å²) in [6.07, 6.45) is 1.24. The monoisotopic (exact) mass is 366 g/mol. The van der Waals surface area contributed by atoms with E-state index in [0.29, 0.717) is 29.8 Å². The van der Waals surface area contributed by atoms with Crippen molar-refractivity contribution in [1.82, 2.24) is 4.90 Å². The largest absolute Gasteiger partial charge is 0.480 e. The van der Waals surface area contributed by atoms with Crippen molar-refractivity contribution in [3.05, 3.63) is 65.7 Å². The van der Waals surface area contributed by atoms with Crippen LogP contribution in [0.5, 0.6) is 0 Å². The number of hydrogen-bond donors (Lipinski definition) is 2. The number of piperidine rings is 1. The van der Waals surface area contributed by atoms with E-state index in [1.807, 2.05) is 25.1 Å². The molecule has 1 heterocycles. The van der Waals surface area contributed by atoms with Gasteiger partial charge in [0.15, 0.2) is 0 Å². The molecule has 0 aromatic heterocycles. The second-order valence-electron chi connectivity index (χ2n) is 6.88. The zero-order valence-corrected chi connectivity index (χ0v) is 15.1. The summed E-state index contributed by atoms with van der Waals surface area (Å²) in [5, 5.41) is 12.2. The first-order valence-corrected chi connectivity index (χ1v) is 8.96. The molecule has 2 aromatic rings. The van der Waals surface area contributed by atoms with Gasteiger partial charge in [-0.25, -0.2) is 4.79 Å². The number of aliphatic carboxylic acids is 1. The predicted octanol–water partition coefficient (Wildman–Crippen LogP) is 3.26. The lowest BCUT2D eigenvalue weighted by Gasteiger charge is -2.36. The molecule has 1 aliphatic rings. The average molecular weight is 366 g/mol. The molecule has 1 aliphatic heterocycles. The highest BCUT2D eigenvalue weighted by molar-refractivity contribution is 6.05. The highest BCUT2D eigenvalue weighted by atomic mass is 16.4. The smallest absolute Gasteiger partial charge is 0.326 e. The summed E-state index contributed by atoms with van der Waals surface area (Å²) < 4.78 is 0. The number of amides is 2. The van der Waals surface area contributed by atoms with Gasteiger partial charge >= 0.3 is 5.97 Å². The lowest BCUT2D eigenvalue weighted by molar-refractivity contribution is -0.144. The SMILES string of the molecule is CC1CCN(C(=O)c2ccc(C(=O)Nc3ccccc3)cc2)C(C(=O)O)C1. The molecule has 0 saturated carbocycles. The average Bonchev–Trinajstić information content (AvgIpc) is 2.68. The second-order valence-corrected chi connectivity index (χ2v) is 6.88. The van der Waals surface area contributed by atoms with E-state index in [-0.39, 0.29) is 17.7 Å². The molecule has 6 nitrogen and oxygen atoms in total. The van der Waals surface area contributed by atoms with E-state index in [1.54, 1.807) is 36.4 Å². The zero-order chi connectivity index (χ0) is 19.4. The maximum Gasteiger partial charge on any atom is 0.326 e. The van der Waals surface area contributed by atoms with Gasteiger partial charge in [-0.3, -0.25) is 9.59 Å². The topological polar surface area (TPSA) is 86.7 Å². The number of anilines is 1. The van der Waals surface area contributed by atoms with E-state index < -0.39 is 12.0 Å². The molecule has 0 spiro atoms. The molecule has 2 atom stereocenters. The van der Waals surface area contributed by atoms with Crippen LogP contribution in [0, 0.1) is 5.92 Å². The number of carboxylic acid groups (broad SMARTS) is 1. The molecule has 2 aromatic carbocycles. The Morgan fingerprint density at radius 1 is 1.00 bits per heavy atom. The lowest BCUT2D eigenvalue weighted by atomic mass is 9.92.